The average Bonchev–Trinajstić information content (AvgIpc) is 2.77. The Labute approximate surface area is 114 Å². The van der Waals surface area contributed by atoms with Crippen LogP contribution in [0.2, 0.25) is 0 Å². The van der Waals surface area contributed by atoms with Crippen molar-refractivity contribution < 1.29 is 9.63 Å². The molecule has 4 nitrogen and oxygen atoms in total. The van der Waals surface area contributed by atoms with Gasteiger partial charge >= 0.3 is 0 Å². The number of nitrogens with zero attached hydrogens (tertiary/aromatic N) is 2. The number of halogens is 1. The van der Waals surface area contributed by atoms with Gasteiger partial charge in [0, 0.05) is 17.3 Å². The number of rotatable bonds is 5. The molecule has 1 aromatic heterocycles. The first-order chi connectivity index (χ1) is 8.65. The van der Waals surface area contributed by atoms with Gasteiger partial charge in [0.2, 0.25) is 5.89 Å². The highest BCUT2D eigenvalue weighted by Crippen LogP contribution is 2.18. The van der Waals surface area contributed by atoms with E-state index in [2.05, 4.69) is 26.1 Å². The van der Waals surface area contributed by atoms with E-state index in [1.807, 2.05) is 24.3 Å². The number of aliphatic hydroxyl groups excluding tert-OH is 1. The van der Waals surface area contributed by atoms with Crippen molar-refractivity contribution in [1.82, 2.24) is 10.1 Å². The maximum absolute atomic E-state index is 9.20. The van der Waals surface area contributed by atoms with Crippen LogP contribution in [0.5, 0.6) is 0 Å². The molecule has 5 heteroatoms. The van der Waals surface area contributed by atoms with E-state index in [1.54, 1.807) is 6.92 Å². The third kappa shape index (κ3) is 3.65. The summed E-state index contributed by atoms with van der Waals surface area (Å²) in [7, 11) is 0. The quantitative estimate of drug-likeness (QED) is 0.922. The van der Waals surface area contributed by atoms with Crippen LogP contribution in [0.4, 0.5) is 0 Å². The van der Waals surface area contributed by atoms with Crippen LogP contribution in [-0.2, 0) is 12.8 Å². The van der Waals surface area contributed by atoms with E-state index in [4.69, 9.17) is 4.52 Å². The number of hydrogen-bond acceptors (Lipinski definition) is 4. The summed E-state index contributed by atoms with van der Waals surface area (Å²) in [5.41, 5.74) is 1.13. The van der Waals surface area contributed by atoms with Crippen LogP contribution >= 0.6 is 15.9 Å². The molecule has 0 aliphatic carbocycles. The third-order valence-electron chi connectivity index (χ3n) is 2.59. The van der Waals surface area contributed by atoms with Crippen LogP contribution in [0.3, 0.4) is 0 Å². The molecule has 2 aromatic rings. The van der Waals surface area contributed by atoms with Crippen molar-refractivity contribution in [2.75, 3.05) is 0 Å². The standard InChI is InChI=1S/C13H15BrN2O2/c1-9(17)6-7-13-15-12(16-18-13)8-10-4-2-3-5-11(10)14/h2-5,9,17H,6-8H2,1H3. The molecule has 96 valence electrons. The molecular weight excluding hydrogens is 296 g/mol. The summed E-state index contributed by atoms with van der Waals surface area (Å²) >= 11 is 3.49. The van der Waals surface area contributed by atoms with Gasteiger partial charge in [0.25, 0.3) is 0 Å². The minimum Gasteiger partial charge on any atom is -0.393 e. The normalized spacial score (nSPS) is 12.6. The van der Waals surface area contributed by atoms with E-state index in [-0.39, 0.29) is 6.10 Å². The lowest BCUT2D eigenvalue weighted by Crippen LogP contribution is -2.01. The lowest BCUT2D eigenvalue weighted by molar-refractivity contribution is 0.180. The van der Waals surface area contributed by atoms with Gasteiger partial charge in [-0.25, -0.2) is 0 Å². The minimum atomic E-state index is -0.344. The molecule has 1 aromatic carbocycles. The second-order valence-corrected chi connectivity index (χ2v) is 5.11. The molecule has 0 aliphatic heterocycles. The molecule has 0 bridgehead atoms. The molecule has 2 rings (SSSR count). The van der Waals surface area contributed by atoms with E-state index < -0.39 is 0 Å². The molecule has 0 amide bonds. The fourth-order valence-corrected chi connectivity index (χ4v) is 2.03. The second-order valence-electron chi connectivity index (χ2n) is 4.26. The van der Waals surface area contributed by atoms with E-state index in [0.29, 0.717) is 31.0 Å². The Morgan fingerprint density at radius 3 is 2.89 bits per heavy atom. The Hall–Kier alpha value is -1.20. The highest BCUT2D eigenvalue weighted by Gasteiger charge is 2.09. The van der Waals surface area contributed by atoms with E-state index in [1.165, 1.54) is 0 Å². The van der Waals surface area contributed by atoms with Crippen LogP contribution in [0, 0.1) is 0 Å². The Balaban J connectivity index is 2.00. The summed E-state index contributed by atoms with van der Waals surface area (Å²) < 4.78 is 6.18. The zero-order chi connectivity index (χ0) is 13.0. The molecule has 0 fully saturated rings. The van der Waals surface area contributed by atoms with Gasteiger partial charge in [-0.15, -0.1) is 0 Å². The number of aliphatic hydroxyl groups is 1. The van der Waals surface area contributed by atoms with Crippen molar-refractivity contribution in [3.05, 3.63) is 46.0 Å². The highest BCUT2D eigenvalue weighted by atomic mass is 79.9. The van der Waals surface area contributed by atoms with Crippen LogP contribution in [0.25, 0.3) is 0 Å². The molecule has 18 heavy (non-hydrogen) atoms. The van der Waals surface area contributed by atoms with Gasteiger partial charge in [0.1, 0.15) is 0 Å². The van der Waals surface area contributed by atoms with Crippen LogP contribution in [0.15, 0.2) is 33.3 Å². The Morgan fingerprint density at radius 2 is 2.17 bits per heavy atom. The smallest absolute Gasteiger partial charge is 0.226 e. The summed E-state index contributed by atoms with van der Waals surface area (Å²) in [5.74, 6) is 1.25. The average molecular weight is 311 g/mol. The van der Waals surface area contributed by atoms with Gasteiger partial charge in [-0.1, -0.05) is 39.3 Å². The third-order valence-corrected chi connectivity index (χ3v) is 3.37. The molecule has 1 heterocycles. The molecule has 1 unspecified atom stereocenters. The van der Waals surface area contributed by atoms with Crippen molar-refractivity contribution in [2.24, 2.45) is 0 Å². The first-order valence-electron chi connectivity index (χ1n) is 5.88. The first kappa shape index (κ1) is 13.2. The minimum absolute atomic E-state index is 0.344. The number of aromatic nitrogens is 2. The SMILES string of the molecule is CC(O)CCc1nc(Cc2ccccc2Br)no1. The molecule has 0 saturated carbocycles. The lowest BCUT2D eigenvalue weighted by Gasteiger charge is -1.99. The maximum Gasteiger partial charge on any atom is 0.226 e. The van der Waals surface area contributed by atoms with Gasteiger partial charge in [0.05, 0.1) is 6.10 Å². The molecule has 0 spiro atoms. The van der Waals surface area contributed by atoms with Gasteiger partial charge < -0.3 is 9.63 Å². The Bertz CT molecular complexity index is 511. The Kier molecular flexibility index (Phi) is 4.49. The zero-order valence-corrected chi connectivity index (χ0v) is 11.7. The van der Waals surface area contributed by atoms with Crippen LogP contribution < -0.4 is 0 Å². The summed E-state index contributed by atoms with van der Waals surface area (Å²) in [4.78, 5) is 4.31. The van der Waals surface area contributed by atoms with Crippen molar-refractivity contribution in [3.63, 3.8) is 0 Å². The lowest BCUT2D eigenvalue weighted by atomic mass is 10.1. The molecular formula is C13H15BrN2O2. The molecule has 1 atom stereocenters. The fraction of sp³-hybridized carbons (Fsp3) is 0.385. The van der Waals surface area contributed by atoms with Gasteiger partial charge in [-0.05, 0) is 25.0 Å². The van der Waals surface area contributed by atoms with Gasteiger partial charge in [-0.3, -0.25) is 0 Å². The van der Waals surface area contributed by atoms with Crippen LogP contribution in [-0.4, -0.2) is 21.4 Å². The van der Waals surface area contributed by atoms with Crippen molar-refractivity contribution in [2.45, 2.75) is 32.3 Å². The summed E-state index contributed by atoms with van der Waals surface area (Å²) in [5, 5.41) is 13.1. The number of hydrogen-bond donors (Lipinski definition) is 1. The largest absolute Gasteiger partial charge is 0.393 e. The van der Waals surface area contributed by atoms with E-state index >= 15 is 0 Å². The molecule has 1 N–H and O–H groups in total. The number of benzene rings is 1. The summed E-state index contributed by atoms with van der Waals surface area (Å²) in [6, 6.07) is 7.96. The zero-order valence-electron chi connectivity index (χ0n) is 10.1. The Morgan fingerprint density at radius 1 is 1.39 bits per heavy atom. The molecule has 0 aliphatic rings. The first-order valence-corrected chi connectivity index (χ1v) is 6.67. The van der Waals surface area contributed by atoms with Gasteiger partial charge in [-0.2, -0.15) is 4.98 Å². The van der Waals surface area contributed by atoms with E-state index in [9.17, 15) is 5.11 Å². The molecule has 0 radical (unpaired) electrons. The van der Waals surface area contributed by atoms with Crippen molar-refractivity contribution in [1.29, 1.82) is 0 Å². The van der Waals surface area contributed by atoms with Crippen molar-refractivity contribution in [3.8, 4) is 0 Å². The molecule has 0 saturated heterocycles. The van der Waals surface area contributed by atoms with E-state index in [0.717, 1.165) is 10.0 Å². The monoisotopic (exact) mass is 310 g/mol. The predicted octanol–water partition coefficient (Wildman–Crippen LogP) is 2.74. The fourth-order valence-electron chi connectivity index (χ4n) is 1.61. The predicted molar refractivity (Wildman–Crippen MR) is 71.2 cm³/mol. The second kappa shape index (κ2) is 6.11. The van der Waals surface area contributed by atoms with Crippen molar-refractivity contribution >= 4 is 15.9 Å². The number of aryl methyl sites for hydroxylation is 1. The summed E-state index contributed by atoms with van der Waals surface area (Å²) in [6.45, 7) is 1.75. The van der Waals surface area contributed by atoms with Gasteiger partial charge in [0.15, 0.2) is 5.82 Å². The van der Waals surface area contributed by atoms with Crippen LogP contribution in [0.1, 0.15) is 30.6 Å². The maximum atomic E-state index is 9.20. The highest BCUT2D eigenvalue weighted by molar-refractivity contribution is 9.10. The topological polar surface area (TPSA) is 59.2 Å². The summed E-state index contributed by atoms with van der Waals surface area (Å²) in [6.07, 6.45) is 1.54.